The van der Waals surface area contributed by atoms with E-state index in [4.69, 9.17) is 16.3 Å². The zero-order valence-electron chi connectivity index (χ0n) is 8.46. The molecule has 2 rings (SSSR count). The molecule has 1 aromatic rings. The fraction of sp³-hybridized carbons (Fsp3) is 0.273. The van der Waals surface area contributed by atoms with Gasteiger partial charge in [-0.1, -0.05) is 0 Å². The number of ketones is 1. The number of benzene rings is 1. The van der Waals surface area contributed by atoms with Gasteiger partial charge in [0, 0.05) is 5.56 Å². The molecule has 84 valence electrons. The van der Waals surface area contributed by atoms with E-state index in [2.05, 4.69) is 5.32 Å². The zero-order chi connectivity index (χ0) is 11.5. The van der Waals surface area contributed by atoms with Gasteiger partial charge in [0.15, 0.2) is 5.78 Å². The van der Waals surface area contributed by atoms with Crippen molar-refractivity contribution in [3.8, 4) is 5.75 Å². The number of amides is 1. The number of ether oxygens (including phenoxy) is 1. The van der Waals surface area contributed by atoms with Gasteiger partial charge < -0.3 is 10.1 Å². The number of carbonyl (C=O) groups is 2. The Hall–Kier alpha value is -1.55. The molecular weight excluding hydrogens is 230 g/mol. The first-order valence-electron chi connectivity index (χ1n) is 4.86. The van der Waals surface area contributed by atoms with Crippen molar-refractivity contribution in [2.24, 2.45) is 0 Å². The van der Waals surface area contributed by atoms with Crippen molar-refractivity contribution in [2.75, 3.05) is 19.0 Å². The molecule has 1 aromatic carbocycles. The second-order valence-electron chi connectivity index (χ2n) is 3.37. The smallest absolute Gasteiger partial charge is 0.255 e. The molecule has 1 aliphatic rings. The van der Waals surface area contributed by atoms with Crippen LogP contribution in [-0.2, 0) is 0 Å². The molecule has 0 bridgehead atoms. The topological polar surface area (TPSA) is 55.4 Å². The number of hydrogen-bond acceptors (Lipinski definition) is 3. The monoisotopic (exact) mass is 239 g/mol. The molecule has 1 aliphatic heterocycles. The van der Waals surface area contributed by atoms with Crippen LogP contribution in [0.15, 0.2) is 18.2 Å². The first-order valence-corrected chi connectivity index (χ1v) is 5.40. The molecule has 0 aliphatic carbocycles. The van der Waals surface area contributed by atoms with E-state index >= 15 is 0 Å². The van der Waals surface area contributed by atoms with Crippen LogP contribution in [0.5, 0.6) is 5.75 Å². The number of rotatable bonds is 2. The van der Waals surface area contributed by atoms with Gasteiger partial charge in [-0.15, -0.1) is 11.6 Å². The van der Waals surface area contributed by atoms with Crippen LogP contribution < -0.4 is 10.1 Å². The molecule has 16 heavy (non-hydrogen) atoms. The van der Waals surface area contributed by atoms with Crippen molar-refractivity contribution in [1.29, 1.82) is 0 Å². The van der Waals surface area contributed by atoms with Gasteiger partial charge in [-0.05, 0) is 18.2 Å². The van der Waals surface area contributed by atoms with Gasteiger partial charge in [0.2, 0.25) is 0 Å². The predicted octanol–water partition coefficient (Wildman–Crippen LogP) is 1.23. The lowest BCUT2D eigenvalue weighted by atomic mass is 10.1. The standard InChI is InChI=1S/C11H10ClNO3/c12-6-9(14)7-1-2-10-8(5-7)11(15)13-3-4-16-10/h1-2,5H,3-4,6H2,(H,13,15). The number of fused-ring (bicyclic) bond motifs is 1. The van der Waals surface area contributed by atoms with Crippen LogP contribution in [0, 0.1) is 0 Å². The second-order valence-corrected chi connectivity index (χ2v) is 3.64. The van der Waals surface area contributed by atoms with E-state index in [0.717, 1.165) is 0 Å². The summed E-state index contributed by atoms with van der Waals surface area (Å²) < 4.78 is 5.36. The van der Waals surface area contributed by atoms with E-state index < -0.39 is 0 Å². The summed E-state index contributed by atoms with van der Waals surface area (Å²) in [6.07, 6.45) is 0. The van der Waals surface area contributed by atoms with E-state index in [9.17, 15) is 9.59 Å². The largest absolute Gasteiger partial charge is 0.491 e. The molecule has 0 saturated carbocycles. The Kier molecular flexibility index (Phi) is 3.10. The Labute approximate surface area is 97.5 Å². The molecule has 1 heterocycles. The molecule has 0 fully saturated rings. The number of nitrogens with one attached hydrogen (secondary N) is 1. The highest BCUT2D eigenvalue weighted by Gasteiger charge is 2.18. The number of carbonyl (C=O) groups excluding carboxylic acids is 2. The van der Waals surface area contributed by atoms with Gasteiger partial charge in [0.05, 0.1) is 18.0 Å². The molecule has 5 heteroatoms. The number of alkyl halides is 1. The van der Waals surface area contributed by atoms with Gasteiger partial charge in [-0.25, -0.2) is 0 Å². The van der Waals surface area contributed by atoms with Crippen molar-refractivity contribution >= 4 is 23.3 Å². The van der Waals surface area contributed by atoms with E-state index in [1.165, 1.54) is 6.07 Å². The molecule has 1 N–H and O–H groups in total. The van der Waals surface area contributed by atoms with Crippen molar-refractivity contribution < 1.29 is 14.3 Å². The van der Waals surface area contributed by atoms with Gasteiger partial charge in [0.25, 0.3) is 5.91 Å². The summed E-state index contributed by atoms with van der Waals surface area (Å²) in [6, 6.07) is 4.75. The van der Waals surface area contributed by atoms with Gasteiger partial charge in [-0.3, -0.25) is 9.59 Å². The summed E-state index contributed by atoms with van der Waals surface area (Å²) in [7, 11) is 0. The highest BCUT2D eigenvalue weighted by Crippen LogP contribution is 2.22. The fourth-order valence-corrected chi connectivity index (χ4v) is 1.66. The third-order valence-corrected chi connectivity index (χ3v) is 2.56. The molecule has 0 spiro atoms. The minimum absolute atomic E-state index is 0.0960. The Morgan fingerprint density at radius 1 is 1.50 bits per heavy atom. The van der Waals surface area contributed by atoms with Gasteiger partial charge in [-0.2, -0.15) is 0 Å². The van der Waals surface area contributed by atoms with Gasteiger partial charge >= 0.3 is 0 Å². The lowest BCUT2D eigenvalue weighted by molar-refractivity contribution is 0.0957. The Morgan fingerprint density at radius 3 is 3.06 bits per heavy atom. The molecule has 0 aromatic heterocycles. The summed E-state index contributed by atoms with van der Waals surface area (Å²) in [6.45, 7) is 0.897. The zero-order valence-corrected chi connectivity index (χ0v) is 9.21. The van der Waals surface area contributed by atoms with Crippen LogP contribution in [-0.4, -0.2) is 30.7 Å². The summed E-state index contributed by atoms with van der Waals surface area (Å²) in [5.41, 5.74) is 0.808. The Balaban J connectivity index is 2.43. The number of halogens is 1. The van der Waals surface area contributed by atoms with Crippen LogP contribution in [0.1, 0.15) is 20.7 Å². The minimum atomic E-state index is -0.225. The SMILES string of the molecule is O=C(CCl)c1ccc2c(c1)C(=O)NCCO2. The first-order chi connectivity index (χ1) is 7.72. The molecule has 0 radical (unpaired) electrons. The number of Topliss-reactive ketones (excluding diaryl/α,β-unsaturated/α-hetero) is 1. The average molecular weight is 240 g/mol. The minimum Gasteiger partial charge on any atom is -0.491 e. The summed E-state index contributed by atoms with van der Waals surface area (Å²) >= 11 is 5.46. The maximum Gasteiger partial charge on any atom is 0.255 e. The third kappa shape index (κ3) is 2.02. The third-order valence-electron chi connectivity index (χ3n) is 2.31. The Morgan fingerprint density at radius 2 is 2.31 bits per heavy atom. The van der Waals surface area contributed by atoms with E-state index in [0.29, 0.717) is 30.0 Å². The fourth-order valence-electron chi connectivity index (χ4n) is 1.50. The highest BCUT2D eigenvalue weighted by atomic mass is 35.5. The van der Waals surface area contributed by atoms with Gasteiger partial charge in [0.1, 0.15) is 12.4 Å². The van der Waals surface area contributed by atoms with Crippen LogP contribution in [0.3, 0.4) is 0 Å². The number of hydrogen-bond donors (Lipinski definition) is 1. The lowest BCUT2D eigenvalue weighted by Crippen LogP contribution is -2.24. The highest BCUT2D eigenvalue weighted by molar-refractivity contribution is 6.30. The lowest BCUT2D eigenvalue weighted by Gasteiger charge is -2.06. The predicted molar refractivity (Wildman–Crippen MR) is 59.3 cm³/mol. The molecule has 1 amide bonds. The molecule has 0 unspecified atom stereocenters. The van der Waals surface area contributed by atoms with Crippen molar-refractivity contribution in [1.82, 2.24) is 5.32 Å². The van der Waals surface area contributed by atoms with E-state index in [1.807, 2.05) is 0 Å². The van der Waals surface area contributed by atoms with Crippen LogP contribution >= 0.6 is 11.6 Å². The van der Waals surface area contributed by atoms with Crippen LogP contribution in [0.2, 0.25) is 0 Å². The maximum absolute atomic E-state index is 11.6. The van der Waals surface area contributed by atoms with E-state index in [-0.39, 0.29) is 17.6 Å². The van der Waals surface area contributed by atoms with Crippen molar-refractivity contribution in [3.63, 3.8) is 0 Å². The van der Waals surface area contributed by atoms with Crippen molar-refractivity contribution in [3.05, 3.63) is 29.3 Å². The Bertz CT molecular complexity index is 445. The molecular formula is C11H10ClNO3. The normalized spacial score (nSPS) is 14.4. The van der Waals surface area contributed by atoms with E-state index in [1.54, 1.807) is 12.1 Å². The van der Waals surface area contributed by atoms with Crippen LogP contribution in [0.25, 0.3) is 0 Å². The molecule has 0 saturated heterocycles. The first kappa shape index (κ1) is 11.0. The van der Waals surface area contributed by atoms with Crippen molar-refractivity contribution in [2.45, 2.75) is 0 Å². The summed E-state index contributed by atoms with van der Waals surface area (Å²) in [5, 5.41) is 2.68. The second kappa shape index (κ2) is 4.53. The quantitative estimate of drug-likeness (QED) is 0.624. The molecule has 4 nitrogen and oxygen atoms in total. The maximum atomic E-state index is 11.6. The summed E-state index contributed by atoms with van der Waals surface area (Å²) in [5.74, 6) is -0.0271. The van der Waals surface area contributed by atoms with Crippen LogP contribution in [0.4, 0.5) is 0 Å². The summed E-state index contributed by atoms with van der Waals surface area (Å²) in [4.78, 5) is 23.0. The molecule has 0 atom stereocenters. The average Bonchev–Trinajstić information content (AvgIpc) is 2.50.